The number of hydrogen-bond donors (Lipinski definition) is 1. The van der Waals surface area contributed by atoms with Gasteiger partial charge in [-0.2, -0.15) is 0 Å². The molecule has 7 nitrogen and oxygen atoms in total. The summed E-state index contributed by atoms with van der Waals surface area (Å²) >= 11 is 0. The molecule has 0 unspecified atom stereocenters. The average Bonchev–Trinajstić information content (AvgIpc) is 3.41. The molecule has 0 bridgehead atoms. The molecule has 7 heteroatoms. The van der Waals surface area contributed by atoms with Gasteiger partial charge in [-0.15, -0.1) is 0 Å². The molecule has 1 aromatic heterocycles. The highest BCUT2D eigenvalue weighted by Crippen LogP contribution is 2.38. The van der Waals surface area contributed by atoms with E-state index >= 15 is 0 Å². The zero-order chi connectivity index (χ0) is 27.4. The van der Waals surface area contributed by atoms with Crippen LogP contribution in [0.4, 0.5) is 5.69 Å². The molecule has 0 aliphatic carbocycles. The summed E-state index contributed by atoms with van der Waals surface area (Å²) in [4.78, 5) is 32.1. The smallest absolute Gasteiger partial charge is 0.277 e. The number of hydrogen-bond acceptors (Lipinski definition) is 5. The molecule has 4 aromatic rings. The van der Waals surface area contributed by atoms with Crippen LogP contribution < -0.4 is 10.1 Å². The van der Waals surface area contributed by atoms with Crippen LogP contribution in [0.1, 0.15) is 64.9 Å². The monoisotopic (exact) mass is 523 g/mol. The third-order valence-electron chi connectivity index (χ3n) is 6.82. The van der Waals surface area contributed by atoms with Crippen molar-refractivity contribution in [3.05, 3.63) is 113 Å². The van der Waals surface area contributed by atoms with Crippen LogP contribution in [0.2, 0.25) is 0 Å². The van der Waals surface area contributed by atoms with Gasteiger partial charge in [0, 0.05) is 18.7 Å². The Bertz CT molecular complexity index is 1440. The van der Waals surface area contributed by atoms with Crippen molar-refractivity contribution in [3.63, 3.8) is 0 Å². The number of aryl methyl sites for hydroxylation is 1. The first kappa shape index (κ1) is 26.2. The standard InChI is InChI=1S/C32H33N3O4/c1-21(2)17-30(36)35-16-15-23-13-14-26(18-27(23)31(35)24-11-9-22(3)10-12-24)38-20-29-34-28(19-39-29)32(37)33-25-7-5-4-6-8-25/h4-14,18-19,21,31H,15-17,20H2,1-3H3,(H,33,37)/t31-/m0/s1. The molecule has 2 heterocycles. The summed E-state index contributed by atoms with van der Waals surface area (Å²) in [6.07, 6.45) is 2.63. The van der Waals surface area contributed by atoms with E-state index in [1.807, 2.05) is 35.2 Å². The molecule has 1 aliphatic heterocycles. The van der Waals surface area contributed by atoms with Crippen LogP contribution in [0.25, 0.3) is 0 Å². The van der Waals surface area contributed by atoms with Crippen molar-refractivity contribution in [2.24, 2.45) is 5.92 Å². The third kappa shape index (κ3) is 6.20. The quantitative estimate of drug-likeness (QED) is 0.292. The van der Waals surface area contributed by atoms with Gasteiger partial charge in [-0.3, -0.25) is 9.59 Å². The predicted octanol–water partition coefficient (Wildman–Crippen LogP) is 6.33. The van der Waals surface area contributed by atoms with Crippen LogP contribution in [0.15, 0.2) is 83.5 Å². The highest BCUT2D eigenvalue weighted by Gasteiger charge is 2.32. The summed E-state index contributed by atoms with van der Waals surface area (Å²) in [5.41, 5.74) is 5.39. The molecule has 3 aromatic carbocycles. The Morgan fingerprint density at radius 1 is 1.08 bits per heavy atom. The van der Waals surface area contributed by atoms with Crippen molar-refractivity contribution in [1.82, 2.24) is 9.88 Å². The Hall–Kier alpha value is -4.39. The normalized spacial score (nSPS) is 14.7. The molecule has 1 N–H and O–H groups in total. The van der Waals surface area contributed by atoms with Crippen molar-refractivity contribution in [2.75, 3.05) is 11.9 Å². The molecule has 1 atom stereocenters. The van der Waals surface area contributed by atoms with E-state index in [4.69, 9.17) is 9.15 Å². The first-order chi connectivity index (χ1) is 18.9. The molecule has 200 valence electrons. The van der Waals surface area contributed by atoms with Crippen LogP contribution in [-0.4, -0.2) is 28.2 Å². The molecule has 0 saturated carbocycles. The lowest BCUT2D eigenvalue weighted by molar-refractivity contribution is -0.134. The van der Waals surface area contributed by atoms with Crippen LogP contribution in [0.5, 0.6) is 5.75 Å². The van der Waals surface area contributed by atoms with E-state index in [1.54, 1.807) is 12.1 Å². The fraction of sp³-hybridized carbons (Fsp3) is 0.281. The Morgan fingerprint density at radius 2 is 1.85 bits per heavy atom. The van der Waals surface area contributed by atoms with E-state index in [0.29, 0.717) is 30.3 Å². The minimum absolute atomic E-state index is 0.0720. The lowest BCUT2D eigenvalue weighted by atomic mass is 9.87. The Balaban J connectivity index is 1.34. The van der Waals surface area contributed by atoms with Gasteiger partial charge in [-0.1, -0.05) is 67.9 Å². The van der Waals surface area contributed by atoms with E-state index in [2.05, 4.69) is 61.4 Å². The molecule has 2 amide bonds. The maximum absolute atomic E-state index is 13.3. The number of anilines is 1. The number of aromatic nitrogens is 1. The van der Waals surface area contributed by atoms with E-state index < -0.39 is 0 Å². The molecule has 1 aliphatic rings. The molecular weight excluding hydrogens is 490 g/mol. The topological polar surface area (TPSA) is 84.7 Å². The van der Waals surface area contributed by atoms with Gasteiger partial charge in [0.1, 0.15) is 12.0 Å². The van der Waals surface area contributed by atoms with Crippen molar-refractivity contribution in [2.45, 2.75) is 46.3 Å². The van der Waals surface area contributed by atoms with Gasteiger partial charge in [-0.05, 0) is 60.2 Å². The number of carbonyl (C=O) groups is 2. The minimum Gasteiger partial charge on any atom is -0.484 e. The second kappa shape index (κ2) is 11.6. The summed E-state index contributed by atoms with van der Waals surface area (Å²) in [6.45, 7) is 6.96. The third-order valence-corrected chi connectivity index (χ3v) is 6.82. The van der Waals surface area contributed by atoms with Gasteiger partial charge in [0.25, 0.3) is 5.91 Å². The van der Waals surface area contributed by atoms with Crippen LogP contribution >= 0.6 is 0 Å². The lowest BCUT2D eigenvalue weighted by Gasteiger charge is -2.38. The van der Waals surface area contributed by atoms with Gasteiger partial charge in [0.15, 0.2) is 12.3 Å². The van der Waals surface area contributed by atoms with E-state index in [9.17, 15) is 9.59 Å². The van der Waals surface area contributed by atoms with Gasteiger partial charge >= 0.3 is 0 Å². The zero-order valence-electron chi connectivity index (χ0n) is 22.5. The maximum Gasteiger partial charge on any atom is 0.277 e. The number of para-hydroxylation sites is 1. The molecule has 0 radical (unpaired) electrons. The van der Waals surface area contributed by atoms with E-state index in [0.717, 1.165) is 17.5 Å². The van der Waals surface area contributed by atoms with Gasteiger partial charge in [0.05, 0.1) is 6.04 Å². The molecule has 5 rings (SSSR count). The van der Waals surface area contributed by atoms with Crippen molar-refractivity contribution < 1.29 is 18.7 Å². The number of fused-ring (bicyclic) bond motifs is 1. The number of oxazole rings is 1. The van der Waals surface area contributed by atoms with Gasteiger partial charge in [0.2, 0.25) is 11.8 Å². The highest BCUT2D eigenvalue weighted by molar-refractivity contribution is 6.02. The van der Waals surface area contributed by atoms with Crippen LogP contribution in [0.3, 0.4) is 0 Å². The predicted molar refractivity (Wildman–Crippen MR) is 150 cm³/mol. The molecule has 39 heavy (non-hydrogen) atoms. The Kier molecular flexibility index (Phi) is 7.77. The number of amides is 2. The van der Waals surface area contributed by atoms with Crippen molar-refractivity contribution in [1.29, 1.82) is 0 Å². The van der Waals surface area contributed by atoms with Gasteiger partial charge < -0.3 is 19.4 Å². The van der Waals surface area contributed by atoms with Crippen molar-refractivity contribution >= 4 is 17.5 Å². The Morgan fingerprint density at radius 3 is 2.59 bits per heavy atom. The number of rotatable bonds is 8. The molecular formula is C32H33N3O4. The number of carbonyl (C=O) groups excluding carboxylic acids is 2. The number of ether oxygens (including phenoxy) is 1. The number of nitrogens with one attached hydrogen (secondary N) is 1. The first-order valence-corrected chi connectivity index (χ1v) is 13.3. The van der Waals surface area contributed by atoms with Crippen LogP contribution in [0, 0.1) is 12.8 Å². The van der Waals surface area contributed by atoms with Crippen LogP contribution in [-0.2, 0) is 17.8 Å². The average molecular weight is 524 g/mol. The Labute approximate surface area is 228 Å². The first-order valence-electron chi connectivity index (χ1n) is 13.3. The molecule has 0 spiro atoms. The summed E-state index contributed by atoms with van der Waals surface area (Å²) in [6, 6.07) is 23.4. The lowest BCUT2D eigenvalue weighted by Crippen LogP contribution is -2.41. The second-order valence-electron chi connectivity index (χ2n) is 10.3. The highest BCUT2D eigenvalue weighted by atomic mass is 16.5. The van der Waals surface area contributed by atoms with Crippen molar-refractivity contribution in [3.8, 4) is 5.75 Å². The second-order valence-corrected chi connectivity index (χ2v) is 10.3. The zero-order valence-corrected chi connectivity index (χ0v) is 22.5. The fourth-order valence-corrected chi connectivity index (χ4v) is 4.87. The summed E-state index contributed by atoms with van der Waals surface area (Å²) in [5.74, 6) is 1.05. The molecule has 0 saturated heterocycles. The van der Waals surface area contributed by atoms with E-state index in [-0.39, 0.29) is 36.1 Å². The van der Waals surface area contributed by atoms with E-state index in [1.165, 1.54) is 17.4 Å². The number of nitrogens with zero attached hydrogens (tertiary/aromatic N) is 2. The summed E-state index contributed by atoms with van der Waals surface area (Å²) in [7, 11) is 0. The largest absolute Gasteiger partial charge is 0.484 e. The summed E-state index contributed by atoms with van der Waals surface area (Å²) < 4.78 is 11.5. The minimum atomic E-state index is -0.350. The van der Waals surface area contributed by atoms with Gasteiger partial charge in [-0.25, -0.2) is 4.98 Å². The SMILES string of the molecule is Cc1ccc([C@H]2c3cc(OCc4nc(C(=O)Nc5ccccc5)co4)ccc3CCN2C(=O)CC(C)C)cc1. The fourth-order valence-electron chi connectivity index (χ4n) is 4.87. The number of benzene rings is 3. The maximum atomic E-state index is 13.3. The molecule has 0 fully saturated rings. The summed E-state index contributed by atoms with van der Waals surface area (Å²) in [5, 5.41) is 2.79.